The zero-order chi connectivity index (χ0) is 12.4. The molecule has 0 atom stereocenters. The fraction of sp³-hybridized carbons (Fsp3) is 0.100. The van der Waals surface area contributed by atoms with Crippen LogP contribution in [0.5, 0.6) is 0 Å². The van der Waals surface area contributed by atoms with Crippen molar-refractivity contribution in [3.63, 3.8) is 0 Å². The highest BCUT2D eigenvalue weighted by Crippen LogP contribution is 2.31. The number of pyridine rings is 1. The fourth-order valence-electron chi connectivity index (χ4n) is 1.12. The number of aryl methyl sites for hydroxylation is 1. The van der Waals surface area contributed by atoms with E-state index in [9.17, 15) is 0 Å². The molecule has 0 saturated carbocycles. The van der Waals surface area contributed by atoms with Crippen molar-refractivity contribution in [1.29, 1.82) is 0 Å². The summed E-state index contributed by atoms with van der Waals surface area (Å²) in [5, 5.41) is 2.10. The average Bonchev–Trinajstić information content (AvgIpc) is 2.28. The van der Waals surface area contributed by atoms with Crippen LogP contribution in [0.3, 0.4) is 0 Å². The van der Waals surface area contributed by atoms with Crippen LogP contribution in [-0.4, -0.2) is 15.0 Å². The van der Waals surface area contributed by atoms with Gasteiger partial charge in [0, 0.05) is 6.20 Å². The van der Waals surface area contributed by atoms with Crippen molar-refractivity contribution >= 4 is 40.7 Å². The molecular formula is C10H8Cl2N4S. The molecule has 0 aliphatic carbocycles. The van der Waals surface area contributed by atoms with Gasteiger partial charge in [0.15, 0.2) is 0 Å². The summed E-state index contributed by atoms with van der Waals surface area (Å²) >= 11 is 12.9. The number of nitrogen functional groups attached to an aromatic ring is 1. The number of nitrogens with two attached hydrogens (primary N) is 1. The normalized spacial score (nSPS) is 10.5. The maximum absolute atomic E-state index is 5.87. The summed E-state index contributed by atoms with van der Waals surface area (Å²) in [4.78, 5) is 12.2. The molecule has 0 fully saturated rings. The Labute approximate surface area is 113 Å². The lowest BCUT2D eigenvalue weighted by Crippen LogP contribution is -1.99. The van der Waals surface area contributed by atoms with Crippen molar-refractivity contribution < 1.29 is 0 Å². The molecule has 17 heavy (non-hydrogen) atoms. The van der Waals surface area contributed by atoms with Crippen LogP contribution >= 0.6 is 35.0 Å². The fourth-order valence-corrected chi connectivity index (χ4v) is 2.32. The quantitative estimate of drug-likeness (QED) is 0.678. The lowest BCUT2D eigenvalue weighted by Gasteiger charge is -2.06. The van der Waals surface area contributed by atoms with Crippen molar-refractivity contribution in [1.82, 2.24) is 15.0 Å². The number of aromatic nitrogens is 3. The molecule has 7 heteroatoms. The van der Waals surface area contributed by atoms with Gasteiger partial charge in [-0.2, -0.15) is 0 Å². The standard InChI is InChI=1S/C10H8Cl2N4S/c1-5-8(13)9(16-10(12)15-5)17-7-3-2-6(11)4-14-7/h2-4H,13H2,1H3. The number of hydrogen-bond donors (Lipinski definition) is 1. The van der Waals surface area contributed by atoms with E-state index in [4.69, 9.17) is 28.9 Å². The highest BCUT2D eigenvalue weighted by atomic mass is 35.5. The summed E-state index contributed by atoms with van der Waals surface area (Å²) < 4.78 is 0. The van der Waals surface area contributed by atoms with Gasteiger partial charge < -0.3 is 5.73 Å². The highest BCUT2D eigenvalue weighted by Gasteiger charge is 2.10. The van der Waals surface area contributed by atoms with E-state index in [1.165, 1.54) is 11.8 Å². The molecule has 0 aliphatic rings. The second-order valence-electron chi connectivity index (χ2n) is 3.21. The number of nitrogens with zero attached hydrogens (tertiary/aromatic N) is 3. The van der Waals surface area contributed by atoms with Crippen LogP contribution in [-0.2, 0) is 0 Å². The Hall–Kier alpha value is -1.04. The van der Waals surface area contributed by atoms with Gasteiger partial charge in [0.1, 0.15) is 10.1 Å². The topological polar surface area (TPSA) is 64.7 Å². The summed E-state index contributed by atoms with van der Waals surface area (Å²) in [6.45, 7) is 1.78. The molecule has 0 unspecified atom stereocenters. The third-order valence-corrected chi connectivity index (χ3v) is 3.32. The summed E-state index contributed by atoms with van der Waals surface area (Å²) in [7, 11) is 0. The zero-order valence-corrected chi connectivity index (χ0v) is 11.1. The van der Waals surface area contributed by atoms with Crippen LogP contribution in [0.4, 0.5) is 5.69 Å². The first-order valence-electron chi connectivity index (χ1n) is 4.65. The molecule has 2 N–H and O–H groups in total. The summed E-state index contributed by atoms with van der Waals surface area (Å²) in [6.07, 6.45) is 1.57. The lowest BCUT2D eigenvalue weighted by molar-refractivity contribution is 1.01. The minimum absolute atomic E-state index is 0.174. The molecule has 2 aromatic heterocycles. The molecule has 0 spiro atoms. The third kappa shape index (κ3) is 3.00. The third-order valence-electron chi connectivity index (χ3n) is 1.98. The van der Waals surface area contributed by atoms with E-state index < -0.39 is 0 Å². The van der Waals surface area contributed by atoms with Crippen LogP contribution < -0.4 is 5.73 Å². The maximum atomic E-state index is 5.87. The van der Waals surface area contributed by atoms with Crippen LogP contribution in [0.15, 0.2) is 28.4 Å². The van der Waals surface area contributed by atoms with Crippen molar-refractivity contribution in [2.75, 3.05) is 5.73 Å². The van der Waals surface area contributed by atoms with E-state index >= 15 is 0 Å². The van der Waals surface area contributed by atoms with Gasteiger partial charge in [-0.05, 0) is 42.4 Å². The number of hydrogen-bond acceptors (Lipinski definition) is 5. The van der Waals surface area contributed by atoms with Crippen molar-refractivity contribution in [2.45, 2.75) is 17.0 Å². The number of rotatable bonds is 2. The predicted octanol–water partition coefficient (Wildman–Crippen LogP) is 3.22. The molecule has 88 valence electrons. The van der Waals surface area contributed by atoms with E-state index in [0.717, 1.165) is 5.03 Å². The Morgan fingerprint density at radius 2 is 2.00 bits per heavy atom. The molecule has 0 aliphatic heterocycles. The van der Waals surface area contributed by atoms with Crippen molar-refractivity contribution in [2.24, 2.45) is 0 Å². The maximum Gasteiger partial charge on any atom is 0.223 e. The Morgan fingerprint density at radius 3 is 2.65 bits per heavy atom. The van der Waals surface area contributed by atoms with Gasteiger partial charge in [-0.3, -0.25) is 0 Å². The Kier molecular flexibility index (Phi) is 3.71. The average molecular weight is 287 g/mol. The van der Waals surface area contributed by atoms with Gasteiger partial charge in [0.25, 0.3) is 0 Å². The SMILES string of the molecule is Cc1nc(Cl)nc(Sc2ccc(Cl)cn2)c1N. The Morgan fingerprint density at radius 1 is 1.24 bits per heavy atom. The van der Waals surface area contributed by atoms with E-state index in [1.54, 1.807) is 25.3 Å². The molecule has 4 nitrogen and oxygen atoms in total. The van der Waals surface area contributed by atoms with E-state index in [1.807, 2.05) is 0 Å². The van der Waals surface area contributed by atoms with E-state index in [-0.39, 0.29) is 5.28 Å². The van der Waals surface area contributed by atoms with Crippen molar-refractivity contribution in [3.8, 4) is 0 Å². The van der Waals surface area contributed by atoms with Gasteiger partial charge in [0.05, 0.1) is 16.4 Å². The van der Waals surface area contributed by atoms with E-state index in [0.29, 0.717) is 21.4 Å². The number of anilines is 1. The molecule has 0 saturated heterocycles. The summed E-state index contributed by atoms with van der Waals surface area (Å²) in [6, 6.07) is 3.54. The monoisotopic (exact) mass is 286 g/mol. The largest absolute Gasteiger partial charge is 0.395 e. The number of halogens is 2. The van der Waals surface area contributed by atoms with Gasteiger partial charge in [-0.25, -0.2) is 15.0 Å². The Balaban J connectivity index is 2.32. The van der Waals surface area contributed by atoms with Gasteiger partial charge in [0.2, 0.25) is 5.28 Å². The Bertz CT molecular complexity index is 545. The smallest absolute Gasteiger partial charge is 0.223 e. The molecule has 0 amide bonds. The molecule has 2 heterocycles. The highest BCUT2D eigenvalue weighted by molar-refractivity contribution is 7.99. The molecule has 0 aromatic carbocycles. The molecular weight excluding hydrogens is 279 g/mol. The minimum atomic E-state index is 0.174. The van der Waals surface area contributed by atoms with Crippen molar-refractivity contribution in [3.05, 3.63) is 34.3 Å². The van der Waals surface area contributed by atoms with Crippen LogP contribution in [0, 0.1) is 6.92 Å². The zero-order valence-electron chi connectivity index (χ0n) is 8.82. The molecule has 2 rings (SSSR count). The first-order chi connectivity index (χ1) is 8.06. The van der Waals surface area contributed by atoms with Gasteiger partial charge in [-0.1, -0.05) is 11.6 Å². The summed E-state index contributed by atoms with van der Waals surface area (Å²) in [5.74, 6) is 0. The first-order valence-corrected chi connectivity index (χ1v) is 6.22. The predicted molar refractivity (Wildman–Crippen MR) is 69.6 cm³/mol. The van der Waals surface area contributed by atoms with Crippen LogP contribution in [0.1, 0.15) is 5.69 Å². The molecule has 2 aromatic rings. The molecule has 0 bridgehead atoms. The second kappa shape index (κ2) is 5.08. The first kappa shape index (κ1) is 12.4. The minimum Gasteiger partial charge on any atom is -0.395 e. The van der Waals surface area contributed by atoms with Crippen LogP contribution in [0.25, 0.3) is 0 Å². The van der Waals surface area contributed by atoms with Gasteiger partial charge in [-0.15, -0.1) is 0 Å². The van der Waals surface area contributed by atoms with Gasteiger partial charge >= 0.3 is 0 Å². The van der Waals surface area contributed by atoms with E-state index in [2.05, 4.69) is 15.0 Å². The summed E-state index contributed by atoms with van der Waals surface area (Å²) in [5.41, 5.74) is 7.04. The lowest BCUT2D eigenvalue weighted by atomic mass is 10.4. The molecule has 0 radical (unpaired) electrons. The van der Waals surface area contributed by atoms with Crippen LogP contribution in [0.2, 0.25) is 10.3 Å². The second-order valence-corrected chi connectivity index (χ2v) is 5.00.